The van der Waals surface area contributed by atoms with Crippen molar-refractivity contribution in [3.05, 3.63) is 53.3 Å². The molecule has 0 atom stereocenters. The van der Waals surface area contributed by atoms with Crippen LogP contribution in [0.3, 0.4) is 0 Å². The summed E-state index contributed by atoms with van der Waals surface area (Å²) in [7, 11) is 0. The fraction of sp³-hybridized carbons (Fsp3) is 0.517. The second kappa shape index (κ2) is 9.53. The van der Waals surface area contributed by atoms with Gasteiger partial charge in [-0.15, -0.1) is 0 Å². The third kappa shape index (κ3) is 4.50. The fourth-order valence-corrected chi connectivity index (χ4v) is 6.07. The van der Waals surface area contributed by atoms with E-state index < -0.39 is 0 Å². The highest BCUT2D eigenvalue weighted by atomic mass is 16.2. The van der Waals surface area contributed by atoms with Crippen molar-refractivity contribution in [1.82, 2.24) is 14.9 Å². The highest BCUT2D eigenvalue weighted by Crippen LogP contribution is 2.38. The average Bonchev–Trinajstić information content (AvgIpc) is 3.23. The number of H-pyrrole nitrogens is 1. The lowest BCUT2D eigenvalue weighted by Crippen LogP contribution is -2.43. The van der Waals surface area contributed by atoms with Gasteiger partial charge in [0.05, 0.1) is 5.69 Å². The number of nitrogens with one attached hydrogen (secondary N) is 1. The van der Waals surface area contributed by atoms with Gasteiger partial charge in [0.25, 0.3) is 0 Å². The normalized spacial score (nSPS) is 22.0. The van der Waals surface area contributed by atoms with Crippen molar-refractivity contribution in [3.8, 4) is 11.3 Å². The molecule has 0 bridgehead atoms. The Kier molecular flexibility index (Phi) is 6.48. The van der Waals surface area contributed by atoms with Crippen LogP contribution in [0, 0.1) is 12.8 Å². The average molecular weight is 459 g/mol. The number of aromatic amines is 1. The molecule has 3 N–H and O–H groups in total. The molecule has 0 radical (unpaired) electrons. The smallest absolute Gasteiger partial charge is 0.225 e. The van der Waals surface area contributed by atoms with E-state index in [1.165, 1.54) is 33.3 Å². The molecule has 180 valence electrons. The van der Waals surface area contributed by atoms with Crippen LogP contribution in [0.25, 0.3) is 22.2 Å². The van der Waals surface area contributed by atoms with Crippen LogP contribution >= 0.6 is 0 Å². The summed E-state index contributed by atoms with van der Waals surface area (Å²) in [6, 6.07) is 11.5. The van der Waals surface area contributed by atoms with Gasteiger partial charge in [-0.3, -0.25) is 9.78 Å². The summed E-state index contributed by atoms with van der Waals surface area (Å²) in [6.07, 6.45) is 7.87. The van der Waals surface area contributed by atoms with Gasteiger partial charge >= 0.3 is 0 Å². The van der Waals surface area contributed by atoms with Gasteiger partial charge in [0.15, 0.2) is 0 Å². The summed E-state index contributed by atoms with van der Waals surface area (Å²) in [4.78, 5) is 23.2. The van der Waals surface area contributed by atoms with E-state index in [4.69, 9.17) is 5.73 Å². The topological polar surface area (TPSA) is 75.0 Å². The van der Waals surface area contributed by atoms with E-state index in [0.717, 1.165) is 57.3 Å². The Morgan fingerprint density at radius 2 is 1.79 bits per heavy atom. The van der Waals surface area contributed by atoms with Crippen LogP contribution in [-0.2, 0) is 4.79 Å². The van der Waals surface area contributed by atoms with Crippen molar-refractivity contribution < 1.29 is 4.79 Å². The summed E-state index contributed by atoms with van der Waals surface area (Å²) in [5.41, 5.74) is 13.5. The zero-order valence-electron chi connectivity index (χ0n) is 20.8. The number of carbonyl (C=O) groups excluding carboxylic acids is 1. The van der Waals surface area contributed by atoms with Crippen LogP contribution in [-0.4, -0.2) is 39.9 Å². The van der Waals surface area contributed by atoms with Crippen molar-refractivity contribution in [2.24, 2.45) is 11.7 Å². The van der Waals surface area contributed by atoms with Crippen molar-refractivity contribution >= 4 is 16.8 Å². The second-order valence-corrected chi connectivity index (χ2v) is 10.8. The Bertz CT molecular complexity index is 1160. The van der Waals surface area contributed by atoms with E-state index >= 15 is 0 Å². The molecule has 1 saturated heterocycles. The zero-order chi connectivity index (χ0) is 23.8. The molecule has 2 fully saturated rings. The summed E-state index contributed by atoms with van der Waals surface area (Å²) in [5.74, 6) is 1.48. The van der Waals surface area contributed by atoms with Crippen molar-refractivity contribution in [1.29, 1.82) is 0 Å². The Balaban J connectivity index is 1.35. The Morgan fingerprint density at radius 3 is 2.47 bits per heavy atom. The van der Waals surface area contributed by atoms with E-state index in [2.05, 4.69) is 59.0 Å². The second-order valence-electron chi connectivity index (χ2n) is 10.8. The van der Waals surface area contributed by atoms with Gasteiger partial charge in [-0.1, -0.05) is 19.9 Å². The van der Waals surface area contributed by atoms with Gasteiger partial charge in [0.2, 0.25) is 5.91 Å². The number of likely N-dealkylation sites (tertiary alicyclic amines) is 1. The van der Waals surface area contributed by atoms with Gasteiger partial charge in [0, 0.05) is 53.4 Å². The van der Waals surface area contributed by atoms with Crippen molar-refractivity contribution in [3.63, 3.8) is 0 Å². The molecule has 3 aromatic rings. The number of nitrogens with two attached hydrogens (primary N) is 1. The van der Waals surface area contributed by atoms with E-state index in [-0.39, 0.29) is 12.0 Å². The number of piperidine rings is 1. The van der Waals surface area contributed by atoms with Gasteiger partial charge in [-0.25, -0.2) is 0 Å². The molecule has 34 heavy (non-hydrogen) atoms. The molecule has 0 spiro atoms. The van der Waals surface area contributed by atoms with Crippen LogP contribution in [0.2, 0.25) is 0 Å². The molecule has 1 aliphatic heterocycles. The minimum atomic E-state index is 0.191. The summed E-state index contributed by atoms with van der Waals surface area (Å²) in [6.45, 7) is 8.33. The first-order chi connectivity index (χ1) is 16.4. The van der Waals surface area contributed by atoms with Gasteiger partial charge in [-0.05, 0) is 92.7 Å². The number of aryl methyl sites for hydroxylation is 1. The van der Waals surface area contributed by atoms with Gasteiger partial charge in [0.1, 0.15) is 0 Å². The SMILES string of the molecule is Cc1cc(-c2[nH]c3ccc(C4CCN(C(=O)C5CCC(N)CC5)CC4)cc3c2C(C)C)ccn1. The number of benzene rings is 1. The number of hydrogen-bond donors (Lipinski definition) is 2. The molecular formula is C29H38N4O. The molecular weight excluding hydrogens is 420 g/mol. The first kappa shape index (κ1) is 23.1. The monoisotopic (exact) mass is 458 g/mol. The molecule has 5 nitrogen and oxygen atoms in total. The molecule has 5 rings (SSSR count). The largest absolute Gasteiger partial charge is 0.354 e. The zero-order valence-corrected chi connectivity index (χ0v) is 20.8. The minimum Gasteiger partial charge on any atom is -0.354 e. The third-order valence-corrected chi connectivity index (χ3v) is 8.02. The Labute approximate surface area is 203 Å². The first-order valence-electron chi connectivity index (χ1n) is 13.0. The number of pyridine rings is 1. The molecule has 1 amide bonds. The van der Waals surface area contributed by atoms with E-state index in [1.807, 2.05) is 13.1 Å². The molecule has 2 aliphatic rings. The first-order valence-corrected chi connectivity index (χ1v) is 13.0. The number of fused-ring (bicyclic) bond motifs is 1. The highest BCUT2D eigenvalue weighted by Gasteiger charge is 2.31. The lowest BCUT2D eigenvalue weighted by atomic mass is 9.84. The Morgan fingerprint density at radius 1 is 1.06 bits per heavy atom. The number of rotatable bonds is 4. The van der Waals surface area contributed by atoms with E-state index in [9.17, 15) is 4.79 Å². The molecule has 1 aliphatic carbocycles. The maximum atomic E-state index is 13.0. The molecule has 1 aromatic carbocycles. The predicted octanol–water partition coefficient (Wildman–Crippen LogP) is 5.89. The summed E-state index contributed by atoms with van der Waals surface area (Å²) < 4.78 is 0. The van der Waals surface area contributed by atoms with Crippen molar-refractivity contribution in [2.75, 3.05) is 13.1 Å². The van der Waals surface area contributed by atoms with Crippen LogP contribution in [0.15, 0.2) is 36.5 Å². The van der Waals surface area contributed by atoms with E-state index in [1.54, 1.807) is 0 Å². The van der Waals surface area contributed by atoms with Crippen LogP contribution in [0.1, 0.15) is 81.0 Å². The van der Waals surface area contributed by atoms with E-state index in [0.29, 0.717) is 17.7 Å². The maximum absolute atomic E-state index is 13.0. The standard InChI is InChI=1S/C29H38N4O/c1-18(2)27-25-17-22(6-9-26(25)32-28(27)23-10-13-31-19(3)16-23)20-11-14-33(15-12-20)29(34)21-4-7-24(30)8-5-21/h6,9-10,13,16-18,20-21,24,32H,4-5,7-8,11-12,14-15,30H2,1-3H3. The molecule has 5 heteroatoms. The van der Waals surface area contributed by atoms with Crippen LogP contribution in [0.4, 0.5) is 0 Å². The van der Waals surface area contributed by atoms with Crippen LogP contribution < -0.4 is 5.73 Å². The number of nitrogens with zero attached hydrogens (tertiary/aromatic N) is 2. The Hall–Kier alpha value is -2.66. The summed E-state index contributed by atoms with van der Waals surface area (Å²) in [5, 5.41) is 1.33. The minimum absolute atomic E-state index is 0.191. The number of carbonyl (C=O) groups is 1. The lowest BCUT2D eigenvalue weighted by molar-refractivity contribution is -0.137. The highest BCUT2D eigenvalue weighted by molar-refractivity contribution is 5.92. The maximum Gasteiger partial charge on any atom is 0.225 e. The molecule has 0 unspecified atom stereocenters. The van der Waals surface area contributed by atoms with Crippen molar-refractivity contribution in [2.45, 2.75) is 77.2 Å². The van der Waals surface area contributed by atoms with Gasteiger partial charge < -0.3 is 15.6 Å². The molecule has 1 saturated carbocycles. The third-order valence-electron chi connectivity index (χ3n) is 8.02. The number of amides is 1. The lowest BCUT2D eigenvalue weighted by Gasteiger charge is -2.36. The fourth-order valence-electron chi connectivity index (χ4n) is 6.07. The summed E-state index contributed by atoms with van der Waals surface area (Å²) >= 11 is 0. The quantitative estimate of drug-likeness (QED) is 0.512. The number of hydrogen-bond acceptors (Lipinski definition) is 3. The molecule has 3 heterocycles. The molecule has 2 aromatic heterocycles. The van der Waals surface area contributed by atoms with Gasteiger partial charge in [-0.2, -0.15) is 0 Å². The predicted molar refractivity (Wildman–Crippen MR) is 139 cm³/mol. The van der Waals surface area contributed by atoms with Crippen LogP contribution in [0.5, 0.6) is 0 Å². The number of aromatic nitrogens is 2.